The van der Waals surface area contributed by atoms with Gasteiger partial charge in [0.25, 0.3) is 0 Å². The van der Waals surface area contributed by atoms with Crippen LogP contribution < -0.4 is 9.47 Å². The summed E-state index contributed by atoms with van der Waals surface area (Å²) < 4.78 is 10.9. The molecule has 19 heavy (non-hydrogen) atoms. The van der Waals surface area contributed by atoms with E-state index in [1.807, 2.05) is 24.4 Å². The Bertz CT molecular complexity index is 514. The molecule has 4 nitrogen and oxygen atoms in total. The Labute approximate surface area is 112 Å². The summed E-state index contributed by atoms with van der Waals surface area (Å²) in [6.45, 7) is 0.528. The molecule has 2 aromatic rings. The molecule has 1 aromatic carbocycles. The van der Waals surface area contributed by atoms with Crippen molar-refractivity contribution in [3.63, 3.8) is 0 Å². The minimum absolute atomic E-state index is 0.0110. The number of benzene rings is 1. The fourth-order valence-corrected chi connectivity index (χ4v) is 1.76. The van der Waals surface area contributed by atoms with Crippen LogP contribution in [0.3, 0.4) is 0 Å². The quantitative estimate of drug-likeness (QED) is 0.864. The molecule has 0 spiro atoms. The fourth-order valence-electron chi connectivity index (χ4n) is 1.76. The first-order chi connectivity index (χ1) is 9.33. The maximum atomic E-state index is 9.12. The van der Waals surface area contributed by atoms with Crippen LogP contribution in [0.2, 0.25) is 0 Å². The summed E-state index contributed by atoms with van der Waals surface area (Å²) in [6.07, 6.45) is 4.35. The average molecular weight is 259 g/mol. The first kappa shape index (κ1) is 13.4. The molecule has 1 N–H and O–H groups in total. The van der Waals surface area contributed by atoms with Crippen LogP contribution in [0.25, 0.3) is 0 Å². The van der Waals surface area contributed by atoms with Crippen molar-refractivity contribution < 1.29 is 14.6 Å². The highest BCUT2D eigenvalue weighted by Gasteiger charge is 2.05. The van der Waals surface area contributed by atoms with Gasteiger partial charge in [0.2, 0.25) is 0 Å². The number of aliphatic hydroxyl groups excluding tert-OH is 1. The minimum atomic E-state index is -0.0110. The zero-order valence-corrected chi connectivity index (χ0v) is 10.9. The van der Waals surface area contributed by atoms with Gasteiger partial charge in [0.1, 0.15) is 0 Å². The van der Waals surface area contributed by atoms with Gasteiger partial charge in [-0.2, -0.15) is 0 Å². The Morgan fingerprint density at radius 2 is 2.05 bits per heavy atom. The summed E-state index contributed by atoms with van der Waals surface area (Å²) in [6, 6.07) is 9.32. The highest BCUT2D eigenvalue weighted by Crippen LogP contribution is 2.28. The van der Waals surface area contributed by atoms with Gasteiger partial charge in [-0.05, 0) is 29.3 Å². The van der Waals surface area contributed by atoms with E-state index in [1.165, 1.54) is 0 Å². The normalized spacial score (nSPS) is 10.2. The molecule has 1 aromatic heterocycles. The van der Waals surface area contributed by atoms with Crippen LogP contribution in [-0.4, -0.2) is 23.8 Å². The van der Waals surface area contributed by atoms with Gasteiger partial charge in [-0.15, -0.1) is 0 Å². The topological polar surface area (TPSA) is 51.6 Å². The molecule has 4 heteroatoms. The van der Waals surface area contributed by atoms with E-state index in [2.05, 4.69) is 4.98 Å². The van der Waals surface area contributed by atoms with E-state index in [9.17, 15) is 0 Å². The number of pyridine rings is 1. The molecular weight excluding hydrogens is 242 g/mol. The van der Waals surface area contributed by atoms with Crippen molar-refractivity contribution in [2.45, 2.75) is 13.0 Å². The number of rotatable bonds is 6. The Morgan fingerprint density at radius 1 is 1.16 bits per heavy atom. The number of hydrogen-bond donors (Lipinski definition) is 1. The van der Waals surface area contributed by atoms with Crippen LogP contribution in [0.1, 0.15) is 11.1 Å². The summed E-state index contributed by atoms with van der Waals surface area (Å²) in [4.78, 5) is 4.06. The second kappa shape index (κ2) is 6.75. The maximum absolute atomic E-state index is 9.12. The van der Waals surface area contributed by atoms with E-state index >= 15 is 0 Å². The summed E-state index contributed by atoms with van der Waals surface area (Å²) >= 11 is 0. The molecule has 0 saturated heterocycles. The Morgan fingerprint density at radius 3 is 2.74 bits per heavy atom. The monoisotopic (exact) mass is 259 g/mol. The van der Waals surface area contributed by atoms with Gasteiger partial charge in [0.15, 0.2) is 11.5 Å². The number of aromatic nitrogens is 1. The Hall–Kier alpha value is -2.07. The number of ether oxygens (including phenoxy) is 2. The van der Waals surface area contributed by atoms with Crippen LogP contribution in [0.4, 0.5) is 0 Å². The smallest absolute Gasteiger partial charge is 0.161 e. The second-order valence-electron chi connectivity index (χ2n) is 4.10. The first-order valence-corrected chi connectivity index (χ1v) is 6.13. The van der Waals surface area contributed by atoms with Gasteiger partial charge in [-0.1, -0.05) is 12.1 Å². The number of aliphatic hydroxyl groups is 1. The third kappa shape index (κ3) is 3.69. The summed E-state index contributed by atoms with van der Waals surface area (Å²) in [5.74, 6) is 1.32. The predicted octanol–water partition coefficient (Wildman–Crippen LogP) is 2.20. The number of nitrogens with zero attached hydrogens (tertiary/aromatic N) is 1. The largest absolute Gasteiger partial charge is 0.493 e. The van der Waals surface area contributed by atoms with E-state index in [1.54, 1.807) is 25.4 Å². The van der Waals surface area contributed by atoms with Crippen molar-refractivity contribution in [3.8, 4) is 11.5 Å². The first-order valence-electron chi connectivity index (χ1n) is 6.13. The second-order valence-corrected chi connectivity index (χ2v) is 4.10. The lowest BCUT2D eigenvalue weighted by Crippen LogP contribution is -2.03. The van der Waals surface area contributed by atoms with Crippen LogP contribution in [0.5, 0.6) is 11.5 Å². The molecule has 0 fully saturated rings. The highest BCUT2D eigenvalue weighted by atomic mass is 16.5. The highest BCUT2D eigenvalue weighted by molar-refractivity contribution is 5.42. The SMILES string of the molecule is COc1ccc(CO)cc1OCCc1cccnc1. The average Bonchev–Trinajstić information content (AvgIpc) is 2.48. The van der Waals surface area contributed by atoms with Gasteiger partial charge in [-0.3, -0.25) is 4.98 Å². The molecule has 2 rings (SSSR count). The molecule has 0 amide bonds. The van der Waals surface area contributed by atoms with E-state index in [0.717, 1.165) is 17.5 Å². The maximum Gasteiger partial charge on any atom is 0.161 e. The van der Waals surface area contributed by atoms with Gasteiger partial charge >= 0.3 is 0 Å². The van der Waals surface area contributed by atoms with Crippen molar-refractivity contribution in [1.82, 2.24) is 4.98 Å². The summed E-state index contributed by atoms with van der Waals surface area (Å²) in [7, 11) is 1.60. The van der Waals surface area contributed by atoms with Crippen LogP contribution in [0.15, 0.2) is 42.7 Å². The van der Waals surface area contributed by atoms with Crippen LogP contribution in [-0.2, 0) is 13.0 Å². The standard InChI is InChI=1S/C15H17NO3/c1-18-14-5-4-13(11-17)9-15(14)19-8-6-12-3-2-7-16-10-12/h2-5,7,9-10,17H,6,8,11H2,1H3. The van der Waals surface area contributed by atoms with Gasteiger partial charge in [0.05, 0.1) is 20.3 Å². The van der Waals surface area contributed by atoms with Crippen molar-refractivity contribution in [1.29, 1.82) is 0 Å². The lowest BCUT2D eigenvalue weighted by atomic mass is 10.2. The van der Waals surface area contributed by atoms with E-state index in [0.29, 0.717) is 18.1 Å². The Balaban J connectivity index is 1.98. The molecule has 100 valence electrons. The van der Waals surface area contributed by atoms with E-state index < -0.39 is 0 Å². The molecule has 0 saturated carbocycles. The zero-order valence-electron chi connectivity index (χ0n) is 10.9. The van der Waals surface area contributed by atoms with E-state index in [4.69, 9.17) is 14.6 Å². The number of hydrogen-bond acceptors (Lipinski definition) is 4. The molecule has 0 aliphatic heterocycles. The van der Waals surface area contributed by atoms with Gasteiger partial charge < -0.3 is 14.6 Å². The summed E-state index contributed by atoms with van der Waals surface area (Å²) in [5.41, 5.74) is 1.93. The third-order valence-electron chi connectivity index (χ3n) is 2.78. The van der Waals surface area contributed by atoms with Gasteiger partial charge in [-0.25, -0.2) is 0 Å². The summed E-state index contributed by atoms with van der Waals surface area (Å²) in [5, 5.41) is 9.12. The van der Waals surface area contributed by atoms with Crippen molar-refractivity contribution in [2.75, 3.05) is 13.7 Å². The molecule has 0 aliphatic carbocycles. The molecule has 0 radical (unpaired) electrons. The molecule has 0 bridgehead atoms. The fraction of sp³-hybridized carbons (Fsp3) is 0.267. The lowest BCUT2D eigenvalue weighted by molar-refractivity contribution is 0.276. The van der Waals surface area contributed by atoms with Crippen molar-refractivity contribution >= 4 is 0 Å². The molecule has 0 unspecified atom stereocenters. The predicted molar refractivity (Wildman–Crippen MR) is 72.4 cm³/mol. The van der Waals surface area contributed by atoms with Crippen molar-refractivity contribution in [3.05, 3.63) is 53.9 Å². The van der Waals surface area contributed by atoms with E-state index in [-0.39, 0.29) is 6.61 Å². The lowest BCUT2D eigenvalue weighted by Gasteiger charge is -2.11. The Kier molecular flexibility index (Phi) is 4.75. The van der Waals surface area contributed by atoms with Crippen molar-refractivity contribution in [2.24, 2.45) is 0 Å². The molecule has 0 atom stereocenters. The molecular formula is C15H17NO3. The minimum Gasteiger partial charge on any atom is -0.493 e. The third-order valence-corrected chi connectivity index (χ3v) is 2.78. The number of methoxy groups -OCH3 is 1. The van der Waals surface area contributed by atoms with Crippen LogP contribution in [0, 0.1) is 0 Å². The molecule has 1 heterocycles. The zero-order chi connectivity index (χ0) is 13.5. The molecule has 0 aliphatic rings. The van der Waals surface area contributed by atoms with Gasteiger partial charge in [0, 0.05) is 18.8 Å². The van der Waals surface area contributed by atoms with Crippen LogP contribution >= 0.6 is 0 Å².